The molecule has 0 saturated heterocycles. The Bertz CT molecular complexity index is 819. The monoisotopic (exact) mass is 310 g/mol. The number of hydrogen-bond donors (Lipinski definition) is 1. The Morgan fingerprint density at radius 3 is 2.91 bits per heavy atom. The minimum Gasteiger partial charge on any atom is -0.496 e. The number of methoxy groups -OCH3 is 1. The molecule has 1 aromatic carbocycles. The Morgan fingerprint density at radius 2 is 2.26 bits per heavy atom. The topological polar surface area (TPSA) is 83.2 Å². The van der Waals surface area contributed by atoms with Gasteiger partial charge < -0.3 is 15.0 Å². The van der Waals surface area contributed by atoms with Crippen molar-refractivity contribution in [1.82, 2.24) is 19.2 Å². The van der Waals surface area contributed by atoms with Gasteiger partial charge in [-0.05, 0) is 30.7 Å². The number of rotatable bonds is 5. The van der Waals surface area contributed by atoms with E-state index in [1.807, 2.05) is 35.9 Å². The fraction of sp³-hybridized carbons (Fsp3) is 0.188. The fourth-order valence-electron chi connectivity index (χ4n) is 2.30. The molecule has 0 aliphatic rings. The second kappa shape index (κ2) is 6.35. The smallest absolute Gasteiger partial charge is 0.221 e. The Labute approximate surface area is 134 Å². The molecule has 3 rings (SSSR count). The first-order valence-electron chi connectivity index (χ1n) is 7.14. The van der Waals surface area contributed by atoms with Gasteiger partial charge in [-0.1, -0.05) is 0 Å². The number of hydrogen-bond acceptors (Lipinski definition) is 5. The van der Waals surface area contributed by atoms with Crippen LogP contribution in [0.2, 0.25) is 0 Å². The summed E-state index contributed by atoms with van der Waals surface area (Å²) in [5.41, 5.74) is 8.60. The fourth-order valence-corrected chi connectivity index (χ4v) is 2.30. The summed E-state index contributed by atoms with van der Waals surface area (Å²) in [7, 11) is 1.66. The maximum absolute atomic E-state index is 5.78. The van der Waals surface area contributed by atoms with Crippen molar-refractivity contribution in [2.45, 2.75) is 13.5 Å². The highest BCUT2D eigenvalue weighted by Gasteiger charge is 2.05. The van der Waals surface area contributed by atoms with Gasteiger partial charge in [0.2, 0.25) is 5.95 Å². The molecule has 118 valence electrons. The van der Waals surface area contributed by atoms with E-state index in [0.717, 1.165) is 22.6 Å². The summed E-state index contributed by atoms with van der Waals surface area (Å²) in [5.74, 6) is 1.19. The summed E-state index contributed by atoms with van der Waals surface area (Å²) >= 11 is 0. The molecule has 0 aliphatic heterocycles. The maximum atomic E-state index is 5.78. The summed E-state index contributed by atoms with van der Waals surface area (Å²) in [4.78, 5) is 8.17. The van der Waals surface area contributed by atoms with E-state index < -0.39 is 0 Å². The van der Waals surface area contributed by atoms with E-state index in [0.29, 0.717) is 12.5 Å². The van der Waals surface area contributed by atoms with Crippen molar-refractivity contribution in [1.29, 1.82) is 0 Å². The molecule has 0 fully saturated rings. The molecule has 0 saturated carbocycles. The molecule has 0 spiro atoms. The van der Waals surface area contributed by atoms with E-state index in [9.17, 15) is 0 Å². The molecule has 0 unspecified atom stereocenters. The zero-order valence-corrected chi connectivity index (χ0v) is 13.0. The van der Waals surface area contributed by atoms with Crippen molar-refractivity contribution in [2.24, 2.45) is 5.10 Å². The van der Waals surface area contributed by atoms with E-state index in [4.69, 9.17) is 10.5 Å². The highest BCUT2D eigenvalue weighted by molar-refractivity contribution is 5.80. The van der Waals surface area contributed by atoms with Crippen LogP contribution in [0.25, 0.3) is 0 Å². The maximum Gasteiger partial charge on any atom is 0.221 e. The average Bonchev–Trinajstić information content (AvgIpc) is 3.15. The number of nitrogens with zero attached hydrogens (tertiary/aromatic N) is 5. The predicted octanol–water partition coefficient (Wildman–Crippen LogP) is 1.91. The van der Waals surface area contributed by atoms with Crippen LogP contribution in [0.5, 0.6) is 5.75 Å². The Kier molecular flexibility index (Phi) is 4.09. The number of anilines is 1. The first kappa shape index (κ1) is 14.8. The number of nitrogen functional groups attached to an aromatic ring is 1. The van der Waals surface area contributed by atoms with Crippen LogP contribution in [-0.4, -0.2) is 32.5 Å². The van der Waals surface area contributed by atoms with Crippen molar-refractivity contribution in [3.05, 3.63) is 59.9 Å². The van der Waals surface area contributed by atoms with Gasteiger partial charge in [0, 0.05) is 18.0 Å². The molecule has 0 atom stereocenters. The molecule has 0 radical (unpaired) electrons. The molecule has 0 bridgehead atoms. The third-order valence-electron chi connectivity index (χ3n) is 3.38. The van der Waals surface area contributed by atoms with Crippen LogP contribution in [0.3, 0.4) is 0 Å². The zero-order chi connectivity index (χ0) is 16.2. The SMILES string of the molecule is COc1ccc(C=Nn2cc(C)nc2N)cc1Cn1ccnc1. The lowest BCUT2D eigenvalue weighted by molar-refractivity contribution is 0.408. The lowest BCUT2D eigenvalue weighted by Crippen LogP contribution is -2.01. The number of imidazole rings is 2. The van der Waals surface area contributed by atoms with Crippen LogP contribution in [0.4, 0.5) is 5.95 Å². The molecular weight excluding hydrogens is 292 g/mol. The number of aromatic nitrogens is 4. The first-order chi connectivity index (χ1) is 11.2. The normalized spacial score (nSPS) is 11.2. The Balaban J connectivity index is 1.86. The lowest BCUT2D eigenvalue weighted by atomic mass is 10.1. The molecule has 7 nitrogen and oxygen atoms in total. The van der Waals surface area contributed by atoms with E-state index >= 15 is 0 Å². The van der Waals surface area contributed by atoms with E-state index in [1.54, 1.807) is 36.7 Å². The summed E-state index contributed by atoms with van der Waals surface area (Å²) < 4.78 is 8.95. The standard InChI is InChI=1S/C16H18N6O/c1-12-9-22(16(17)20-12)19-8-13-3-4-15(23-2)14(7-13)10-21-6-5-18-11-21/h3-9,11H,10H2,1-2H3,(H2,17,20). The number of ether oxygens (including phenoxy) is 1. The third kappa shape index (κ3) is 3.39. The number of aryl methyl sites for hydroxylation is 1. The van der Waals surface area contributed by atoms with Gasteiger partial charge in [-0.15, -0.1) is 0 Å². The zero-order valence-electron chi connectivity index (χ0n) is 13.0. The third-order valence-corrected chi connectivity index (χ3v) is 3.38. The first-order valence-corrected chi connectivity index (χ1v) is 7.14. The van der Waals surface area contributed by atoms with Crippen molar-refractivity contribution in [2.75, 3.05) is 12.8 Å². The van der Waals surface area contributed by atoms with Gasteiger partial charge in [0.25, 0.3) is 0 Å². The second-order valence-electron chi connectivity index (χ2n) is 5.14. The van der Waals surface area contributed by atoms with Gasteiger partial charge >= 0.3 is 0 Å². The average molecular weight is 310 g/mol. The van der Waals surface area contributed by atoms with Crippen molar-refractivity contribution in [3.8, 4) is 5.75 Å². The van der Waals surface area contributed by atoms with Crippen LogP contribution >= 0.6 is 0 Å². The second-order valence-corrected chi connectivity index (χ2v) is 5.14. The lowest BCUT2D eigenvalue weighted by Gasteiger charge is -2.10. The molecule has 3 aromatic rings. The Morgan fingerprint density at radius 1 is 1.39 bits per heavy atom. The van der Waals surface area contributed by atoms with Gasteiger partial charge in [-0.3, -0.25) is 0 Å². The molecule has 2 heterocycles. The molecular formula is C16H18N6O. The van der Waals surface area contributed by atoms with Crippen molar-refractivity contribution in [3.63, 3.8) is 0 Å². The number of benzene rings is 1. The number of nitrogens with two attached hydrogens (primary N) is 1. The van der Waals surface area contributed by atoms with Gasteiger partial charge in [-0.25, -0.2) is 14.6 Å². The molecule has 23 heavy (non-hydrogen) atoms. The van der Waals surface area contributed by atoms with Crippen molar-refractivity contribution >= 4 is 12.2 Å². The van der Waals surface area contributed by atoms with Gasteiger partial charge in [0.1, 0.15) is 5.75 Å². The summed E-state index contributed by atoms with van der Waals surface area (Å²) in [5, 5.41) is 4.33. The van der Waals surface area contributed by atoms with E-state index in [-0.39, 0.29) is 0 Å². The molecule has 0 aliphatic carbocycles. The minimum absolute atomic E-state index is 0.367. The van der Waals surface area contributed by atoms with Gasteiger partial charge in [0.05, 0.1) is 38.1 Å². The molecule has 7 heteroatoms. The molecule has 0 amide bonds. The summed E-state index contributed by atoms with van der Waals surface area (Å²) in [6.45, 7) is 2.55. The molecule has 2 aromatic heterocycles. The van der Waals surface area contributed by atoms with Crippen LogP contribution < -0.4 is 10.5 Å². The Hall–Kier alpha value is -3.09. The predicted molar refractivity (Wildman–Crippen MR) is 88.7 cm³/mol. The highest BCUT2D eigenvalue weighted by Crippen LogP contribution is 2.20. The largest absolute Gasteiger partial charge is 0.496 e. The minimum atomic E-state index is 0.367. The van der Waals surface area contributed by atoms with Crippen LogP contribution in [-0.2, 0) is 6.54 Å². The summed E-state index contributed by atoms with van der Waals surface area (Å²) in [6.07, 6.45) is 8.96. The quantitative estimate of drug-likeness (QED) is 0.730. The van der Waals surface area contributed by atoms with Gasteiger partial charge in [-0.2, -0.15) is 5.10 Å². The summed E-state index contributed by atoms with van der Waals surface area (Å²) in [6, 6.07) is 5.90. The van der Waals surface area contributed by atoms with Crippen LogP contribution in [0.15, 0.2) is 48.2 Å². The van der Waals surface area contributed by atoms with E-state index in [1.165, 1.54) is 0 Å². The van der Waals surface area contributed by atoms with Crippen LogP contribution in [0.1, 0.15) is 16.8 Å². The molecule has 2 N–H and O–H groups in total. The highest BCUT2D eigenvalue weighted by atomic mass is 16.5. The van der Waals surface area contributed by atoms with Gasteiger partial charge in [0.15, 0.2) is 0 Å². The van der Waals surface area contributed by atoms with E-state index in [2.05, 4.69) is 15.1 Å². The van der Waals surface area contributed by atoms with Crippen LogP contribution in [0, 0.1) is 6.92 Å². The van der Waals surface area contributed by atoms with Crippen molar-refractivity contribution < 1.29 is 4.74 Å².